The van der Waals surface area contributed by atoms with Crippen molar-refractivity contribution in [3.63, 3.8) is 0 Å². The van der Waals surface area contributed by atoms with Crippen molar-refractivity contribution >= 4 is 35.2 Å². The third-order valence-electron chi connectivity index (χ3n) is 3.47. The maximum absolute atomic E-state index is 12.3. The maximum Gasteiger partial charge on any atom is 0.329 e. The summed E-state index contributed by atoms with van der Waals surface area (Å²) in [4.78, 5) is 35.4. The average molecular weight is 354 g/mol. The van der Waals surface area contributed by atoms with E-state index >= 15 is 0 Å². The summed E-state index contributed by atoms with van der Waals surface area (Å²) in [6.07, 6.45) is 0.773. The standard InChI is InChI=1S/C16H20ClN3O4/c1-15(2,3)20-14(24)18-9-4-5-11(17)10(8-9)12(21)19-16(6-7-16)13(22)23/h4-5,8H,6-7H2,1-3H3,(H,19,21)(H,22,23)(H2,18,20,24). The van der Waals surface area contributed by atoms with Crippen LogP contribution < -0.4 is 16.0 Å². The second kappa shape index (κ2) is 6.32. The van der Waals surface area contributed by atoms with Crippen molar-refractivity contribution < 1.29 is 19.5 Å². The molecule has 4 N–H and O–H groups in total. The molecule has 1 aliphatic carbocycles. The molecule has 7 nitrogen and oxygen atoms in total. The molecule has 1 aromatic rings. The molecule has 1 aromatic carbocycles. The van der Waals surface area contributed by atoms with E-state index in [1.54, 1.807) is 6.07 Å². The fraction of sp³-hybridized carbons (Fsp3) is 0.438. The molecule has 0 heterocycles. The second-order valence-electron chi connectivity index (χ2n) is 6.87. The molecular formula is C16H20ClN3O4. The summed E-state index contributed by atoms with van der Waals surface area (Å²) in [5, 5.41) is 17.2. The lowest BCUT2D eigenvalue weighted by molar-refractivity contribution is -0.140. The monoisotopic (exact) mass is 353 g/mol. The number of amides is 3. The van der Waals surface area contributed by atoms with Crippen LogP contribution in [0.15, 0.2) is 18.2 Å². The number of anilines is 1. The van der Waals surface area contributed by atoms with Gasteiger partial charge in [0.05, 0.1) is 10.6 Å². The van der Waals surface area contributed by atoms with Gasteiger partial charge in [0.1, 0.15) is 5.54 Å². The minimum absolute atomic E-state index is 0.109. The lowest BCUT2D eigenvalue weighted by atomic mass is 10.1. The van der Waals surface area contributed by atoms with Gasteiger partial charge in [-0.1, -0.05) is 11.6 Å². The lowest BCUT2D eigenvalue weighted by Gasteiger charge is -2.21. The van der Waals surface area contributed by atoms with E-state index in [1.165, 1.54) is 12.1 Å². The summed E-state index contributed by atoms with van der Waals surface area (Å²) < 4.78 is 0. The summed E-state index contributed by atoms with van der Waals surface area (Å²) in [6.45, 7) is 5.52. The summed E-state index contributed by atoms with van der Waals surface area (Å²) in [7, 11) is 0. The average Bonchev–Trinajstić information content (AvgIpc) is 3.19. The highest BCUT2D eigenvalue weighted by atomic mass is 35.5. The molecule has 1 saturated carbocycles. The van der Waals surface area contributed by atoms with Gasteiger partial charge < -0.3 is 21.1 Å². The van der Waals surface area contributed by atoms with E-state index in [-0.39, 0.29) is 10.6 Å². The summed E-state index contributed by atoms with van der Waals surface area (Å²) in [5.74, 6) is -1.65. The van der Waals surface area contributed by atoms with E-state index in [1.807, 2.05) is 20.8 Å². The molecule has 2 rings (SSSR count). The molecule has 0 aliphatic heterocycles. The molecule has 130 valence electrons. The first kappa shape index (κ1) is 18.1. The van der Waals surface area contributed by atoms with Crippen LogP contribution in [0, 0.1) is 0 Å². The number of hydrogen-bond donors (Lipinski definition) is 4. The Hall–Kier alpha value is -2.28. The molecule has 0 radical (unpaired) electrons. The number of nitrogens with one attached hydrogen (secondary N) is 3. The molecule has 0 saturated heterocycles. The zero-order chi connectivity index (χ0) is 18.1. The van der Waals surface area contributed by atoms with Gasteiger partial charge in [-0.05, 0) is 51.8 Å². The van der Waals surface area contributed by atoms with Crippen LogP contribution >= 0.6 is 11.6 Å². The van der Waals surface area contributed by atoms with Gasteiger partial charge in [-0.3, -0.25) is 4.79 Å². The number of benzene rings is 1. The Bertz CT molecular complexity index is 693. The van der Waals surface area contributed by atoms with Crippen molar-refractivity contribution in [2.75, 3.05) is 5.32 Å². The summed E-state index contributed by atoms with van der Waals surface area (Å²) in [6, 6.07) is 4.03. The quantitative estimate of drug-likeness (QED) is 0.667. The predicted molar refractivity (Wildman–Crippen MR) is 90.4 cm³/mol. The molecule has 1 fully saturated rings. The van der Waals surface area contributed by atoms with Gasteiger partial charge in [-0.15, -0.1) is 0 Å². The van der Waals surface area contributed by atoms with Gasteiger partial charge in [0.15, 0.2) is 0 Å². The molecule has 0 aromatic heterocycles. The Morgan fingerprint density at radius 2 is 1.83 bits per heavy atom. The van der Waals surface area contributed by atoms with Gasteiger partial charge in [-0.25, -0.2) is 9.59 Å². The first-order valence-electron chi connectivity index (χ1n) is 7.47. The number of urea groups is 1. The van der Waals surface area contributed by atoms with Crippen LogP contribution in [0.5, 0.6) is 0 Å². The number of hydrogen-bond acceptors (Lipinski definition) is 3. The second-order valence-corrected chi connectivity index (χ2v) is 7.27. The Kier molecular flexibility index (Phi) is 4.75. The number of rotatable bonds is 4. The van der Waals surface area contributed by atoms with Crippen LogP contribution in [0.25, 0.3) is 0 Å². The fourth-order valence-electron chi connectivity index (χ4n) is 2.08. The van der Waals surface area contributed by atoms with Crippen molar-refractivity contribution in [2.45, 2.75) is 44.7 Å². The minimum atomic E-state index is -1.20. The van der Waals surface area contributed by atoms with Gasteiger partial charge in [0.25, 0.3) is 5.91 Å². The number of halogens is 1. The van der Waals surface area contributed by atoms with Gasteiger partial charge >= 0.3 is 12.0 Å². The van der Waals surface area contributed by atoms with Crippen molar-refractivity contribution in [2.24, 2.45) is 0 Å². The largest absolute Gasteiger partial charge is 0.480 e. The van der Waals surface area contributed by atoms with Crippen molar-refractivity contribution in [3.05, 3.63) is 28.8 Å². The topological polar surface area (TPSA) is 108 Å². The molecule has 8 heteroatoms. The van der Waals surface area contributed by atoms with Gasteiger partial charge in [0, 0.05) is 11.2 Å². The minimum Gasteiger partial charge on any atom is -0.480 e. The van der Waals surface area contributed by atoms with E-state index in [0.717, 1.165) is 0 Å². The first-order valence-corrected chi connectivity index (χ1v) is 7.85. The van der Waals surface area contributed by atoms with Crippen LogP contribution in [-0.2, 0) is 4.79 Å². The van der Waals surface area contributed by atoms with E-state index in [2.05, 4.69) is 16.0 Å². The normalized spacial score (nSPS) is 15.3. The van der Waals surface area contributed by atoms with Crippen LogP contribution in [0.3, 0.4) is 0 Å². The van der Waals surface area contributed by atoms with Gasteiger partial charge in [-0.2, -0.15) is 0 Å². The predicted octanol–water partition coefficient (Wildman–Crippen LogP) is 2.61. The number of aliphatic carboxylic acids is 1. The SMILES string of the molecule is CC(C)(C)NC(=O)Nc1ccc(Cl)c(C(=O)NC2(C(=O)O)CC2)c1. The molecule has 3 amide bonds. The zero-order valence-electron chi connectivity index (χ0n) is 13.7. The Morgan fingerprint density at radius 3 is 2.33 bits per heavy atom. The Balaban J connectivity index is 2.12. The molecule has 0 unspecified atom stereocenters. The Morgan fingerprint density at radius 1 is 1.21 bits per heavy atom. The maximum atomic E-state index is 12.3. The highest BCUT2D eigenvalue weighted by Gasteiger charge is 2.51. The highest BCUT2D eigenvalue weighted by Crippen LogP contribution is 2.36. The molecular weight excluding hydrogens is 334 g/mol. The number of carbonyl (C=O) groups excluding carboxylic acids is 2. The molecule has 0 bridgehead atoms. The summed E-state index contributed by atoms with van der Waals surface area (Å²) >= 11 is 6.03. The molecule has 0 spiro atoms. The molecule has 1 aliphatic rings. The van der Waals surface area contributed by atoms with E-state index < -0.39 is 29.0 Å². The number of carbonyl (C=O) groups is 3. The van der Waals surface area contributed by atoms with Crippen LogP contribution in [0.2, 0.25) is 5.02 Å². The van der Waals surface area contributed by atoms with Crippen LogP contribution in [0.4, 0.5) is 10.5 Å². The smallest absolute Gasteiger partial charge is 0.329 e. The lowest BCUT2D eigenvalue weighted by Crippen LogP contribution is -2.43. The van der Waals surface area contributed by atoms with Crippen molar-refractivity contribution in [3.8, 4) is 0 Å². The number of carboxylic acid groups (broad SMARTS) is 1. The van der Waals surface area contributed by atoms with Crippen LogP contribution in [0.1, 0.15) is 44.0 Å². The Labute approximate surface area is 144 Å². The summed E-state index contributed by atoms with van der Waals surface area (Å²) in [5.41, 5.74) is -1.12. The van der Waals surface area contributed by atoms with Crippen molar-refractivity contribution in [1.82, 2.24) is 10.6 Å². The number of carboxylic acids is 1. The van der Waals surface area contributed by atoms with E-state index in [4.69, 9.17) is 16.7 Å². The van der Waals surface area contributed by atoms with E-state index in [0.29, 0.717) is 18.5 Å². The zero-order valence-corrected chi connectivity index (χ0v) is 14.5. The van der Waals surface area contributed by atoms with Crippen LogP contribution in [-0.4, -0.2) is 34.1 Å². The molecule has 24 heavy (non-hydrogen) atoms. The first-order chi connectivity index (χ1) is 11.0. The van der Waals surface area contributed by atoms with E-state index in [9.17, 15) is 14.4 Å². The molecule has 0 atom stereocenters. The third-order valence-corrected chi connectivity index (χ3v) is 3.80. The van der Waals surface area contributed by atoms with Gasteiger partial charge in [0.2, 0.25) is 0 Å². The fourth-order valence-corrected chi connectivity index (χ4v) is 2.29. The highest BCUT2D eigenvalue weighted by molar-refractivity contribution is 6.34. The third kappa shape index (κ3) is 4.38. The van der Waals surface area contributed by atoms with Crippen molar-refractivity contribution in [1.29, 1.82) is 0 Å².